The van der Waals surface area contributed by atoms with Crippen LogP contribution in [0.15, 0.2) is 47.1 Å². The number of rotatable bonds is 4. The summed E-state index contributed by atoms with van der Waals surface area (Å²) in [7, 11) is 0. The van der Waals surface area contributed by atoms with E-state index in [4.69, 9.17) is 4.42 Å². The average Bonchev–Trinajstić information content (AvgIpc) is 3.31. The second kappa shape index (κ2) is 6.61. The fourth-order valence-corrected chi connectivity index (χ4v) is 3.93. The predicted molar refractivity (Wildman–Crippen MR) is 99.8 cm³/mol. The molecule has 6 nitrogen and oxygen atoms in total. The van der Waals surface area contributed by atoms with Gasteiger partial charge in [0.15, 0.2) is 0 Å². The second-order valence-electron chi connectivity index (χ2n) is 7.01. The third kappa shape index (κ3) is 2.70. The quantitative estimate of drug-likeness (QED) is 0.757. The average molecular weight is 352 g/mol. The summed E-state index contributed by atoms with van der Waals surface area (Å²) in [6, 6.07) is 9.61. The third-order valence-corrected chi connectivity index (χ3v) is 5.42. The lowest BCUT2D eigenvalue weighted by atomic mass is 9.87. The van der Waals surface area contributed by atoms with Gasteiger partial charge >= 0.3 is 0 Å². The molecule has 4 rings (SSSR count). The molecule has 2 aromatic heterocycles. The molecular weight excluding hydrogens is 328 g/mol. The van der Waals surface area contributed by atoms with Crippen molar-refractivity contribution >= 4 is 16.9 Å². The van der Waals surface area contributed by atoms with E-state index < -0.39 is 5.54 Å². The van der Waals surface area contributed by atoms with Gasteiger partial charge in [0.2, 0.25) is 5.91 Å². The van der Waals surface area contributed by atoms with Crippen molar-refractivity contribution in [3.05, 3.63) is 54.0 Å². The van der Waals surface area contributed by atoms with Gasteiger partial charge in [-0.25, -0.2) is 0 Å². The molecule has 0 spiro atoms. The van der Waals surface area contributed by atoms with E-state index in [0.717, 1.165) is 35.4 Å². The van der Waals surface area contributed by atoms with Crippen LogP contribution in [-0.2, 0) is 10.3 Å². The zero-order chi connectivity index (χ0) is 18.1. The Morgan fingerprint density at radius 2 is 2.08 bits per heavy atom. The van der Waals surface area contributed by atoms with Gasteiger partial charge in [0.1, 0.15) is 16.9 Å². The van der Waals surface area contributed by atoms with Crippen LogP contribution in [0.4, 0.5) is 0 Å². The molecule has 6 heteroatoms. The maximum atomic E-state index is 13.3. The number of carbonyl (C=O) groups is 1. The molecule has 0 aliphatic carbocycles. The van der Waals surface area contributed by atoms with Crippen molar-refractivity contribution in [2.45, 2.75) is 38.3 Å². The fourth-order valence-electron chi connectivity index (χ4n) is 3.93. The highest BCUT2D eigenvalue weighted by Gasteiger charge is 2.42. The van der Waals surface area contributed by atoms with E-state index in [9.17, 15) is 4.79 Å². The number of furan rings is 1. The van der Waals surface area contributed by atoms with Gasteiger partial charge in [-0.2, -0.15) is 5.10 Å². The van der Waals surface area contributed by atoms with E-state index >= 15 is 0 Å². The van der Waals surface area contributed by atoms with Crippen LogP contribution in [0.25, 0.3) is 11.0 Å². The normalized spacial score (nSPS) is 17.9. The zero-order valence-corrected chi connectivity index (χ0v) is 15.2. The summed E-state index contributed by atoms with van der Waals surface area (Å²) < 4.78 is 7.83. The Balaban J connectivity index is 1.62. The second-order valence-corrected chi connectivity index (χ2v) is 7.01. The molecule has 0 saturated carbocycles. The van der Waals surface area contributed by atoms with Crippen LogP contribution in [0.1, 0.15) is 37.1 Å². The van der Waals surface area contributed by atoms with E-state index in [1.165, 1.54) is 0 Å². The highest BCUT2D eigenvalue weighted by molar-refractivity contribution is 5.86. The Labute approximate surface area is 152 Å². The largest absolute Gasteiger partial charge is 0.459 e. The van der Waals surface area contributed by atoms with Crippen molar-refractivity contribution in [2.24, 2.45) is 0 Å². The Kier molecular flexibility index (Phi) is 4.28. The summed E-state index contributed by atoms with van der Waals surface area (Å²) in [6.07, 6.45) is 5.03. The molecule has 2 N–H and O–H groups in total. The first-order valence-electron chi connectivity index (χ1n) is 9.12. The number of fused-ring (bicyclic) bond motifs is 1. The van der Waals surface area contributed by atoms with E-state index in [2.05, 4.69) is 15.7 Å². The van der Waals surface area contributed by atoms with E-state index in [0.29, 0.717) is 12.8 Å². The Morgan fingerprint density at radius 1 is 1.31 bits per heavy atom. The number of carbonyl (C=O) groups excluding carboxylic acids is 1. The van der Waals surface area contributed by atoms with Crippen LogP contribution < -0.4 is 10.6 Å². The van der Waals surface area contributed by atoms with Crippen LogP contribution in [0.3, 0.4) is 0 Å². The van der Waals surface area contributed by atoms with Gasteiger partial charge in [-0.15, -0.1) is 0 Å². The summed E-state index contributed by atoms with van der Waals surface area (Å²) in [4.78, 5) is 13.3. The molecule has 1 amide bonds. The van der Waals surface area contributed by atoms with Crippen molar-refractivity contribution in [1.82, 2.24) is 20.4 Å². The number of aryl methyl sites for hydroxylation is 1. The molecule has 0 radical (unpaired) electrons. The van der Waals surface area contributed by atoms with Crippen molar-refractivity contribution in [2.75, 3.05) is 13.1 Å². The van der Waals surface area contributed by atoms with Crippen LogP contribution in [0, 0.1) is 6.92 Å². The first-order valence-corrected chi connectivity index (χ1v) is 9.12. The molecule has 1 saturated heterocycles. The number of benzene rings is 1. The molecule has 3 heterocycles. The number of nitrogens with zero attached hydrogens (tertiary/aromatic N) is 2. The van der Waals surface area contributed by atoms with Gasteiger partial charge in [0.05, 0.1) is 6.04 Å². The monoisotopic (exact) mass is 352 g/mol. The molecule has 1 fully saturated rings. The van der Waals surface area contributed by atoms with Gasteiger partial charge in [-0.1, -0.05) is 18.2 Å². The summed E-state index contributed by atoms with van der Waals surface area (Å²) in [5.41, 5.74) is 1.28. The van der Waals surface area contributed by atoms with Gasteiger partial charge in [-0.05, 0) is 51.9 Å². The Morgan fingerprint density at radius 3 is 2.77 bits per heavy atom. The van der Waals surface area contributed by atoms with Gasteiger partial charge in [-0.3, -0.25) is 9.48 Å². The van der Waals surface area contributed by atoms with Gasteiger partial charge in [0.25, 0.3) is 0 Å². The zero-order valence-electron chi connectivity index (χ0n) is 15.2. The molecule has 1 aromatic carbocycles. The van der Waals surface area contributed by atoms with Crippen molar-refractivity contribution in [1.29, 1.82) is 0 Å². The number of piperidine rings is 1. The first-order chi connectivity index (χ1) is 12.6. The number of para-hydroxylation sites is 1. The number of hydrogen-bond acceptors (Lipinski definition) is 4. The standard InChI is InChI=1S/C20H24N4O2/c1-14-16-6-3-4-7-17(16)26-18(14)15(2)23-19(25)20(8-11-21-12-9-20)24-13-5-10-22-24/h3-7,10,13,15,21H,8-9,11-12H2,1-2H3,(H,23,25). The van der Waals surface area contributed by atoms with Crippen LogP contribution in [-0.4, -0.2) is 28.8 Å². The lowest BCUT2D eigenvalue weighted by molar-refractivity contribution is -0.132. The van der Waals surface area contributed by atoms with Crippen LogP contribution >= 0.6 is 0 Å². The topological polar surface area (TPSA) is 72.1 Å². The summed E-state index contributed by atoms with van der Waals surface area (Å²) >= 11 is 0. The van der Waals surface area contributed by atoms with E-state index in [1.807, 2.05) is 50.4 Å². The van der Waals surface area contributed by atoms with E-state index in [-0.39, 0.29) is 11.9 Å². The Bertz CT molecular complexity index is 907. The minimum Gasteiger partial charge on any atom is -0.459 e. The van der Waals surface area contributed by atoms with Gasteiger partial charge < -0.3 is 15.1 Å². The SMILES string of the molecule is Cc1c(C(C)NC(=O)C2(n3cccn3)CCNCC2)oc2ccccc12. The minimum absolute atomic E-state index is 0.00458. The molecule has 136 valence electrons. The van der Waals surface area contributed by atoms with Crippen molar-refractivity contribution in [3.8, 4) is 0 Å². The molecule has 0 bridgehead atoms. The van der Waals surface area contributed by atoms with E-state index in [1.54, 1.807) is 10.9 Å². The first kappa shape index (κ1) is 16.8. The lowest BCUT2D eigenvalue weighted by Crippen LogP contribution is -2.55. The Hall–Kier alpha value is -2.60. The van der Waals surface area contributed by atoms with Crippen molar-refractivity contribution < 1.29 is 9.21 Å². The number of nitrogens with one attached hydrogen (secondary N) is 2. The minimum atomic E-state index is -0.650. The van der Waals surface area contributed by atoms with Crippen LogP contribution in [0.5, 0.6) is 0 Å². The molecule has 1 atom stereocenters. The number of hydrogen-bond donors (Lipinski definition) is 2. The van der Waals surface area contributed by atoms with Gasteiger partial charge in [0, 0.05) is 23.3 Å². The summed E-state index contributed by atoms with van der Waals surface area (Å²) in [5, 5.41) is 12.0. The molecule has 1 aliphatic rings. The molecule has 3 aromatic rings. The maximum absolute atomic E-state index is 13.3. The molecule has 1 aliphatic heterocycles. The number of aromatic nitrogens is 2. The lowest BCUT2D eigenvalue weighted by Gasteiger charge is -2.37. The number of amides is 1. The fraction of sp³-hybridized carbons (Fsp3) is 0.400. The third-order valence-electron chi connectivity index (χ3n) is 5.42. The predicted octanol–water partition coefficient (Wildman–Crippen LogP) is 2.89. The maximum Gasteiger partial charge on any atom is 0.248 e. The van der Waals surface area contributed by atoms with Crippen molar-refractivity contribution in [3.63, 3.8) is 0 Å². The highest BCUT2D eigenvalue weighted by Crippen LogP contribution is 2.32. The molecule has 1 unspecified atom stereocenters. The summed E-state index contributed by atoms with van der Waals surface area (Å²) in [5.74, 6) is 0.805. The molecular formula is C20H24N4O2. The smallest absolute Gasteiger partial charge is 0.248 e. The molecule has 26 heavy (non-hydrogen) atoms. The highest BCUT2D eigenvalue weighted by atomic mass is 16.3. The summed E-state index contributed by atoms with van der Waals surface area (Å²) in [6.45, 7) is 5.61. The van der Waals surface area contributed by atoms with Crippen LogP contribution in [0.2, 0.25) is 0 Å².